The van der Waals surface area contributed by atoms with Gasteiger partial charge in [-0.25, -0.2) is 0 Å². The predicted octanol–water partition coefficient (Wildman–Crippen LogP) is -0.178. The largest absolute Gasteiger partial charge is 0.317 e. The predicted molar refractivity (Wildman–Crippen MR) is 14.0 cm³/mol. The van der Waals surface area contributed by atoms with E-state index in [1.807, 2.05) is 0 Å². The third kappa shape index (κ3) is 9.32. The standard InChI is InChI=1S/CH3NO3.Co/c1-5-2(3)4;/h1H3;. The van der Waals surface area contributed by atoms with E-state index in [0.717, 1.165) is 7.11 Å². The number of hydrogen-bond acceptors (Lipinski definition) is 3. The first-order valence-corrected chi connectivity index (χ1v) is 0.956. The molecule has 0 aliphatic heterocycles. The second kappa shape index (κ2) is 4.71. The van der Waals surface area contributed by atoms with Crippen molar-refractivity contribution in [3.05, 3.63) is 10.1 Å². The van der Waals surface area contributed by atoms with E-state index in [1.54, 1.807) is 0 Å². The summed E-state index contributed by atoms with van der Waals surface area (Å²) in [6, 6.07) is 0. The normalized spacial score (nSPS) is 5.50. The third-order valence-corrected chi connectivity index (χ3v) is 0.149. The quantitative estimate of drug-likeness (QED) is 0.371. The van der Waals surface area contributed by atoms with E-state index in [1.165, 1.54) is 0 Å². The zero-order valence-corrected chi connectivity index (χ0v) is 4.05. The molecule has 39 valence electrons. The average molecular weight is 136 g/mol. The SMILES string of the molecule is CO[N+](=O)[O-].[Co]. The molecule has 0 fully saturated rings. The first-order valence-electron chi connectivity index (χ1n) is 0.956. The molecule has 0 bridgehead atoms. The van der Waals surface area contributed by atoms with Crippen LogP contribution < -0.4 is 0 Å². The molecule has 0 atom stereocenters. The van der Waals surface area contributed by atoms with Gasteiger partial charge < -0.3 is 4.84 Å². The van der Waals surface area contributed by atoms with Gasteiger partial charge in [0.25, 0.3) is 5.09 Å². The van der Waals surface area contributed by atoms with Crippen molar-refractivity contribution in [2.24, 2.45) is 0 Å². The molecule has 0 amide bonds. The second-order valence-corrected chi connectivity index (χ2v) is 0.406. The first-order chi connectivity index (χ1) is 2.27. The van der Waals surface area contributed by atoms with Gasteiger partial charge in [-0.1, -0.05) is 0 Å². The van der Waals surface area contributed by atoms with Crippen molar-refractivity contribution >= 4 is 0 Å². The molecule has 0 N–H and O–H groups in total. The van der Waals surface area contributed by atoms with Gasteiger partial charge in [0.05, 0.1) is 7.11 Å². The Kier molecular flexibility index (Phi) is 7.22. The minimum absolute atomic E-state index is 0. The summed E-state index contributed by atoms with van der Waals surface area (Å²) in [5, 5.41) is 8.08. The van der Waals surface area contributed by atoms with E-state index in [4.69, 9.17) is 10.1 Å². The number of nitrogens with zero attached hydrogens (tertiary/aromatic N) is 1. The second-order valence-electron chi connectivity index (χ2n) is 0.406. The van der Waals surface area contributed by atoms with Crippen LogP contribution >= 0.6 is 0 Å². The molecule has 0 aromatic carbocycles. The van der Waals surface area contributed by atoms with Crippen LogP contribution in [0.4, 0.5) is 0 Å². The fourth-order valence-electron chi connectivity index (χ4n) is 0. The summed E-state index contributed by atoms with van der Waals surface area (Å²) in [6.45, 7) is 0. The molecule has 0 saturated carbocycles. The molecule has 0 rings (SSSR count). The van der Waals surface area contributed by atoms with Gasteiger partial charge in [-0.2, -0.15) is 0 Å². The van der Waals surface area contributed by atoms with Crippen LogP contribution in [-0.2, 0) is 21.6 Å². The summed E-state index contributed by atoms with van der Waals surface area (Å²) >= 11 is 0. The maximum Gasteiger partial charge on any atom is 0.294 e. The van der Waals surface area contributed by atoms with Gasteiger partial charge in [0.15, 0.2) is 0 Å². The molecule has 0 spiro atoms. The van der Waals surface area contributed by atoms with Crippen LogP contribution in [0, 0.1) is 10.1 Å². The van der Waals surface area contributed by atoms with Crippen molar-refractivity contribution in [2.75, 3.05) is 7.11 Å². The Balaban J connectivity index is 0. The third-order valence-electron chi connectivity index (χ3n) is 0.149. The van der Waals surface area contributed by atoms with Gasteiger partial charge in [0, 0.05) is 16.8 Å². The molecule has 0 aliphatic carbocycles. The summed E-state index contributed by atoms with van der Waals surface area (Å²) in [4.78, 5) is 12.4. The van der Waals surface area contributed by atoms with Gasteiger partial charge in [0.1, 0.15) is 0 Å². The van der Waals surface area contributed by atoms with E-state index in [9.17, 15) is 0 Å². The van der Waals surface area contributed by atoms with E-state index in [0.29, 0.717) is 0 Å². The van der Waals surface area contributed by atoms with Crippen LogP contribution in [0.2, 0.25) is 0 Å². The van der Waals surface area contributed by atoms with Crippen LogP contribution in [0.15, 0.2) is 0 Å². The maximum atomic E-state index is 8.95. The van der Waals surface area contributed by atoms with E-state index >= 15 is 0 Å². The molecule has 0 aromatic rings. The molecule has 1 radical (unpaired) electrons. The van der Waals surface area contributed by atoms with Crippen molar-refractivity contribution < 1.29 is 26.7 Å². The van der Waals surface area contributed by atoms with Crippen LogP contribution in [0.25, 0.3) is 0 Å². The minimum atomic E-state index is -0.875. The fourth-order valence-corrected chi connectivity index (χ4v) is 0. The summed E-state index contributed by atoms with van der Waals surface area (Å²) in [5.74, 6) is 0. The van der Waals surface area contributed by atoms with Gasteiger partial charge in [0.2, 0.25) is 0 Å². The first kappa shape index (κ1) is 9.20. The van der Waals surface area contributed by atoms with Gasteiger partial charge in [-0.05, 0) is 0 Å². The Hall–Kier alpha value is -0.294. The summed E-state index contributed by atoms with van der Waals surface area (Å²) in [6.07, 6.45) is 0. The zero-order chi connectivity index (χ0) is 4.28. The summed E-state index contributed by atoms with van der Waals surface area (Å²) in [5.41, 5.74) is 0. The molecular formula is CH3CoNO3. The summed E-state index contributed by atoms with van der Waals surface area (Å²) < 4.78 is 0. The van der Waals surface area contributed by atoms with E-state index in [2.05, 4.69) is 4.84 Å². The van der Waals surface area contributed by atoms with Crippen LogP contribution in [0.3, 0.4) is 0 Å². The molecule has 0 saturated heterocycles. The van der Waals surface area contributed by atoms with Crippen molar-refractivity contribution in [3.63, 3.8) is 0 Å². The van der Waals surface area contributed by atoms with E-state index in [-0.39, 0.29) is 16.8 Å². The van der Waals surface area contributed by atoms with Crippen molar-refractivity contribution in [1.29, 1.82) is 0 Å². The Morgan fingerprint density at radius 2 is 2.00 bits per heavy atom. The number of hydrogen-bond donors (Lipinski definition) is 0. The van der Waals surface area contributed by atoms with Crippen LogP contribution in [-0.4, -0.2) is 12.2 Å². The van der Waals surface area contributed by atoms with Crippen molar-refractivity contribution in [1.82, 2.24) is 0 Å². The maximum absolute atomic E-state index is 8.95. The molecule has 0 unspecified atom stereocenters. The monoisotopic (exact) mass is 136 g/mol. The zero-order valence-electron chi connectivity index (χ0n) is 3.01. The van der Waals surface area contributed by atoms with E-state index < -0.39 is 5.09 Å². The van der Waals surface area contributed by atoms with Crippen molar-refractivity contribution in [3.8, 4) is 0 Å². The molecule has 0 aliphatic rings. The van der Waals surface area contributed by atoms with Crippen LogP contribution in [0.5, 0.6) is 0 Å². The molecule has 0 heterocycles. The molecule has 0 aromatic heterocycles. The molecule has 6 heavy (non-hydrogen) atoms. The minimum Gasteiger partial charge on any atom is -0.317 e. The molecular weight excluding hydrogens is 133 g/mol. The molecule has 5 heteroatoms. The Bertz CT molecular complexity index is 46.1. The topological polar surface area (TPSA) is 52.4 Å². The van der Waals surface area contributed by atoms with Gasteiger partial charge in [-0.3, -0.25) is 0 Å². The fraction of sp³-hybridized carbons (Fsp3) is 1.00. The smallest absolute Gasteiger partial charge is 0.294 e. The Labute approximate surface area is 44.8 Å². The Morgan fingerprint density at radius 1 is 1.83 bits per heavy atom. The molecule has 4 nitrogen and oxygen atoms in total. The van der Waals surface area contributed by atoms with Gasteiger partial charge in [-0.15, -0.1) is 10.1 Å². The van der Waals surface area contributed by atoms with Crippen LogP contribution in [0.1, 0.15) is 0 Å². The Morgan fingerprint density at radius 3 is 2.00 bits per heavy atom. The summed E-state index contributed by atoms with van der Waals surface area (Å²) in [7, 11) is 1.00. The number of rotatable bonds is 1. The average Bonchev–Trinajstić information content (AvgIpc) is 1.38. The van der Waals surface area contributed by atoms with Crippen molar-refractivity contribution in [2.45, 2.75) is 0 Å². The van der Waals surface area contributed by atoms with Gasteiger partial charge >= 0.3 is 0 Å².